The molecule has 1 aromatic carbocycles. The molecule has 0 fully saturated rings. The van der Waals surface area contributed by atoms with E-state index in [2.05, 4.69) is 15.3 Å². The van der Waals surface area contributed by atoms with E-state index in [1.807, 2.05) is 19.9 Å². The van der Waals surface area contributed by atoms with Crippen molar-refractivity contribution in [3.8, 4) is 0 Å². The van der Waals surface area contributed by atoms with Gasteiger partial charge in [-0.05, 0) is 37.6 Å². The monoisotopic (exact) mass is 305 g/mol. The van der Waals surface area contributed by atoms with E-state index in [0.717, 1.165) is 17.0 Å². The molecule has 0 radical (unpaired) electrons. The van der Waals surface area contributed by atoms with Gasteiger partial charge in [-0.2, -0.15) is 0 Å². The highest BCUT2D eigenvalue weighted by Crippen LogP contribution is 2.13. The molecule has 2 rings (SSSR count). The number of carbonyl (C=O) groups excluding carboxylic acids is 1. The van der Waals surface area contributed by atoms with Crippen LogP contribution < -0.4 is 5.32 Å². The van der Waals surface area contributed by atoms with Crippen LogP contribution in [0.5, 0.6) is 0 Å². The van der Waals surface area contributed by atoms with Crippen molar-refractivity contribution < 1.29 is 9.18 Å². The number of carbonyl (C=O) groups is 1. The highest BCUT2D eigenvalue weighted by Gasteiger charge is 2.06. The highest BCUT2D eigenvalue weighted by molar-refractivity contribution is 7.99. The quantitative estimate of drug-likeness (QED) is 0.681. The van der Waals surface area contributed by atoms with E-state index in [1.54, 1.807) is 12.1 Å². The number of benzene rings is 1. The average molecular weight is 305 g/mol. The molecule has 110 valence electrons. The summed E-state index contributed by atoms with van der Waals surface area (Å²) in [4.78, 5) is 20.3. The first kappa shape index (κ1) is 15.4. The van der Waals surface area contributed by atoms with Crippen LogP contribution in [0, 0.1) is 19.7 Å². The maximum Gasteiger partial charge on any atom is 0.230 e. The zero-order valence-corrected chi connectivity index (χ0v) is 12.7. The molecule has 0 spiro atoms. The summed E-state index contributed by atoms with van der Waals surface area (Å²) in [6, 6.07) is 7.93. The Kier molecular flexibility index (Phi) is 5.27. The van der Waals surface area contributed by atoms with Gasteiger partial charge in [0.15, 0.2) is 5.16 Å². The number of nitrogens with one attached hydrogen (secondary N) is 1. The third-order valence-electron chi connectivity index (χ3n) is 2.70. The minimum Gasteiger partial charge on any atom is -0.351 e. The SMILES string of the molecule is Cc1cc(C)nc(SCC(=O)NCc2ccc(F)cc2)n1. The van der Waals surface area contributed by atoms with Gasteiger partial charge in [-0.15, -0.1) is 0 Å². The number of halogens is 1. The summed E-state index contributed by atoms with van der Waals surface area (Å²) in [5.41, 5.74) is 2.63. The maximum atomic E-state index is 12.8. The molecule has 4 nitrogen and oxygen atoms in total. The topological polar surface area (TPSA) is 54.9 Å². The van der Waals surface area contributed by atoms with E-state index in [1.165, 1.54) is 23.9 Å². The maximum absolute atomic E-state index is 12.8. The summed E-state index contributed by atoms with van der Waals surface area (Å²) >= 11 is 1.30. The molecule has 21 heavy (non-hydrogen) atoms. The summed E-state index contributed by atoms with van der Waals surface area (Å²) in [7, 11) is 0. The molecule has 0 saturated carbocycles. The number of nitrogens with zero attached hydrogens (tertiary/aromatic N) is 2. The summed E-state index contributed by atoms with van der Waals surface area (Å²) in [6.45, 7) is 4.17. The van der Waals surface area contributed by atoms with Crippen LogP contribution >= 0.6 is 11.8 Å². The van der Waals surface area contributed by atoms with Gasteiger partial charge < -0.3 is 5.32 Å². The molecule has 1 amide bonds. The number of hydrogen-bond acceptors (Lipinski definition) is 4. The Bertz CT molecular complexity index is 611. The van der Waals surface area contributed by atoms with E-state index >= 15 is 0 Å². The summed E-state index contributed by atoms with van der Waals surface area (Å²) in [5, 5.41) is 3.38. The Morgan fingerprint density at radius 3 is 2.43 bits per heavy atom. The zero-order chi connectivity index (χ0) is 15.2. The Hall–Kier alpha value is -1.95. The van der Waals surface area contributed by atoms with Gasteiger partial charge in [-0.25, -0.2) is 14.4 Å². The first-order chi connectivity index (χ1) is 10.0. The second-order valence-electron chi connectivity index (χ2n) is 4.63. The zero-order valence-electron chi connectivity index (χ0n) is 11.9. The lowest BCUT2D eigenvalue weighted by Gasteiger charge is -2.05. The fraction of sp³-hybridized carbons (Fsp3) is 0.267. The molecule has 0 aliphatic rings. The summed E-state index contributed by atoms with van der Waals surface area (Å²) < 4.78 is 12.8. The van der Waals surface area contributed by atoms with Gasteiger partial charge in [0.2, 0.25) is 5.91 Å². The molecule has 1 heterocycles. The Morgan fingerprint density at radius 2 is 1.81 bits per heavy atom. The number of thioether (sulfide) groups is 1. The Morgan fingerprint density at radius 1 is 1.19 bits per heavy atom. The normalized spacial score (nSPS) is 10.4. The molecule has 2 aromatic rings. The molecule has 0 bridgehead atoms. The van der Waals surface area contributed by atoms with Gasteiger partial charge in [0.1, 0.15) is 5.82 Å². The van der Waals surface area contributed by atoms with Crippen molar-refractivity contribution in [1.29, 1.82) is 0 Å². The van der Waals surface area contributed by atoms with Crippen molar-refractivity contribution in [2.75, 3.05) is 5.75 Å². The molecule has 0 atom stereocenters. The van der Waals surface area contributed by atoms with Gasteiger partial charge in [0.25, 0.3) is 0 Å². The molecule has 1 N–H and O–H groups in total. The second-order valence-corrected chi connectivity index (χ2v) is 5.57. The van der Waals surface area contributed by atoms with Gasteiger partial charge >= 0.3 is 0 Å². The van der Waals surface area contributed by atoms with Gasteiger partial charge in [0, 0.05) is 17.9 Å². The first-order valence-electron chi connectivity index (χ1n) is 6.49. The van der Waals surface area contributed by atoms with Crippen molar-refractivity contribution in [2.24, 2.45) is 0 Å². The van der Waals surface area contributed by atoms with Crippen LogP contribution in [0.15, 0.2) is 35.5 Å². The van der Waals surface area contributed by atoms with Gasteiger partial charge in [-0.1, -0.05) is 23.9 Å². The Labute approximate surface area is 127 Å². The second kappa shape index (κ2) is 7.17. The number of hydrogen-bond donors (Lipinski definition) is 1. The third kappa shape index (κ3) is 5.15. The predicted molar refractivity (Wildman–Crippen MR) is 80.5 cm³/mol. The molecule has 1 aromatic heterocycles. The molecule has 0 saturated heterocycles. The average Bonchev–Trinajstić information content (AvgIpc) is 2.43. The molecule has 6 heteroatoms. The van der Waals surface area contributed by atoms with Gasteiger partial charge in [0.05, 0.1) is 5.75 Å². The van der Waals surface area contributed by atoms with E-state index in [0.29, 0.717) is 11.7 Å². The van der Waals surface area contributed by atoms with Crippen molar-refractivity contribution in [1.82, 2.24) is 15.3 Å². The Balaban J connectivity index is 1.80. The number of rotatable bonds is 5. The van der Waals surface area contributed by atoms with Crippen molar-refractivity contribution >= 4 is 17.7 Å². The van der Waals surface area contributed by atoms with Crippen LogP contribution in [-0.2, 0) is 11.3 Å². The first-order valence-corrected chi connectivity index (χ1v) is 7.48. The van der Waals surface area contributed by atoms with Crippen LogP contribution in [0.4, 0.5) is 4.39 Å². The van der Waals surface area contributed by atoms with Crippen LogP contribution in [0.25, 0.3) is 0 Å². The van der Waals surface area contributed by atoms with Crippen LogP contribution in [0.1, 0.15) is 17.0 Å². The number of aromatic nitrogens is 2. The van der Waals surface area contributed by atoms with Crippen LogP contribution in [-0.4, -0.2) is 21.6 Å². The van der Waals surface area contributed by atoms with E-state index < -0.39 is 0 Å². The minimum atomic E-state index is -0.285. The van der Waals surface area contributed by atoms with E-state index in [9.17, 15) is 9.18 Å². The predicted octanol–water partition coefficient (Wildman–Crippen LogP) is 2.64. The van der Waals surface area contributed by atoms with E-state index in [-0.39, 0.29) is 17.5 Å². The lowest BCUT2D eigenvalue weighted by Crippen LogP contribution is -2.24. The summed E-state index contributed by atoms with van der Waals surface area (Å²) in [5.74, 6) is -0.135. The fourth-order valence-corrected chi connectivity index (χ4v) is 2.52. The largest absolute Gasteiger partial charge is 0.351 e. The van der Waals surface area contributed by atoms with E-state index in [4.69, 9.17) is 0 Å². The highest BCUT2D eigenvalue weighted by atomic mass is 32.2. The molecule has 0 aliphatic carbocycles. The van der Waals surface area contributed by atoms with Crippen LogP contribution in [0.3, 0.4) is 0 Å². The molecular formula is C15H16FN3OS. The molecule has 0 aliphatic heterocycles. The lowest BCUT2D eigenvalue weighted by molar-refractivity contribution is -0.118. The summed E-state index contributed by atoms with van der Waals surface area (Å²) in [6.07, 6.45) is 0. The third-order valence-corrected chi connectivity index (χ3v) is 3.54. The fourth-order valence-electron chi connectivity index (χ4n) is 1.74. The number of amides is 1. The molecular weight excluding hydrogens is 289 g/mol. The molecule has 0 unspecified atom stereocenters. The van der Waals surface area contributed by atoms with Crippen molar-refractivity contribution in [3.63, 3.8) is 0 Å². The van der Waals surface area contributed by atoms with Crippen molar-refractivity contribution in [2.45, 2.75) is 25.5 Å². The van der Waals surface area contributed by atoms with Crippen molar-refractivity contribution in [3.05, 3.63) is 53.1 Å². The van der Waals surface area contributed by atoms with Gasteiger partial charge in [-0.3, -0.25) is 4.79 Å². The smallest absolute Gasteiger partial charge is 0.230 e. The lowest BCUT2D eigenvalue weighted by atomic mass is 10.2. The van der Waals surface area contributed by atoms with Crippen LogP contribution in [0.2, 0.25) is 0 Å². The standard InChI is InChI=1S/C15H16FN3OS/c1-10-7-11(2)19-15(18-10)21-9-14(20)17-8-12-3-5-13(16)6-4-12/h3-7H,8-9H2,1-2H3,(H,17,20). The minimum absolute atomic E-state index is 0.105. The number of aryl methyl sites for hydroxylation is 2.